The van der Waals surface area contributed by atoms with Gasteiger partial charge in [-0.3, -0.25) is 0 Å². The molecule has 69 heavy (non-hydrogen) atoms. The van der Waals surface area contributed by atoms with Crippen LogP contribution < -0.4 is 15.8 Å². The van der Waals surface area contributed by atoms with Gasteiger partial charge in [-0.2, -0.15) is 0 Å². The largest absolute Gasteiger partial charge is 0.375 e. The fourth-order valence-electron chi connectivity index (χ4n) is 12.4. The number of hydrogen-bond acceptors (Lipinski definition) is 1. The molecule has 3 aromatic heterocycles. The van der Waals surface area contributed by atoms with Gasteiger partial charge in [0, 0.05) is 66.0 Å². The molecular weight excluding hydrogens is 834 g/mol. The maximum atomic E-state index is 2.75. The first-order valence-electron chi connectivity index (χ1n) is 25.2. The van der Waals surface area contributed by atoms with Crippen LogP contribution in [0.25, 0.3) is 82.2 Å². The molecule has 13 rings (SSSR count). The Morgan fingerprint density at radius 3 is 1.70 bits per heavy atom. The van der Waals surface area contributed by atoms with Gasteiger partial charge in [0.1, 0.15) is 0 Å². The highest BCUT2D eigenvalue weighted by molar-refractivity contribution is 6.90. The molecule has 5 heterocycles. The molecule has 0 radical (unpaired) electrons. The highest BCUT2D eigenvalue weighted by Crippen LogP contribution is 2.51. The van der Waals surface area contributed by atoms with E-state index in [1.807, 2.05) is 0 Å². The van der Waals surface area contributed by atoms with Gasteiger partial charge >= 0.3 is 6.85 Å². The zero-order valence-electron chi connectivity index (χ0n) is 42.7. The first kappa shape index (κ1) is 42.3. The second-order valence-electron chi connectivity index (χ2n) is 24.7. The lowest BCUT2D eigenvalue weighted by Crippen LogP contribution is -2.57. The van der Waals surface area contributed by atoms with Crippen LogP contribution in [0.3, 0.4) is 0 Å². The quantitative estimate of drug-likeness (QED) is 0.158. The van der Waals surface area contributed by atoms with Crippen LogP contribution in [-0.2, 0) is 21.7 Å². The number of benzene rings is 8. The summed E-state index contributed by atoms with van der Waals surface area (Å²) in [5, 5.41) is 7.92. The lowest BCUT2D eigenvalue weighted by molar-refractivity contribution is 0.590. The number of para-hydroxylation sites is 2. The molecular formula is C65H62BN3. The van der Waals surface area contributed by atoms with E-state index in [0.717, 1.165) is 0 Å². The molecule has 340 valence electrons. The molecule has 0 fully saturated rings. The number of nitrogens with zero attached hydrogens (tertiary/aromatic N) is 3. The van der Waals surface area contributed by atoms with Crippen molar-refractivity contribution in [2.24, 2.45) is 0 Å². The Hall–Kier alpha value is -6.78. The van der Waals surface area contributed by atoms with E-state index in [0.29, 0.717) is 0 Å². The van der Waals surface area contributed by atoms with Crippen LogP contribution in [-0.4, -0.2) is 15.7 Å². The number of aromatic nitrogens is 2. The Balaban J connectivity index is 1.19. The van der Waals surface area contributed by atoms with Crippen molar-refractivity contribution < 1.29 is 0 Å². The van der Waals surface area contributed by atoms with Crippen LogP contribution >= 0.6 is 0 Å². The van der Waals surface area contributed by atoms with Crippen molar-refractivity contribution >= 4 is 94.7 Å². The highest BCUT2D eigenvalue weighted by atomic mass is 15.2. The van der Waals surface area contributed by atoms with Crippen molar-refractivity contribution in [2.45, 2.75) is 112 Å². The minimum Gasteiger partial charge on any atom is -0.375 e. The summed E-state index contributed by atoms with van der Waals surface area (Å²) in [7, 11) is 0. The van der Waals surface area contributed by atoms with E-state index >= 15 is 0 Å². The third-order valence-electron chi connectivity index (χ3n) is 16.2. The van der Waals surface area contributed by atoms with E-state index in [4.69, 9.17) is 0 Å². The fraction of sp³-hybridized carbons (Fsp3) is 0.262. The van der Waals surface area contributed by atoms with Gasteiger partial charge in [-0.05, 0) is 151 Å². The van der Waals surface area contributed by atoms with Crippen molar-refractivity contribution in [2.75, 3.05) is 4.90 Å². The zero-order chi connectivity index (χ0) is 48.0. The summed E-state index contributed by atoms with van der Waals surface area (Å²) in [6.07, 6.45) is 0. The normalized spacial score (nSPS) is 14.1. The Kier molecular flexibility index (Phi) is 8.42. The van der Waals surface area contributed by atoms with E-state index in [-0.39, 0.29) is 28.5 Å². The summed E-state index contributed by atoms with van der Waals surface area (Å²) >= 11 is 0. The van der Waals surface area contributed by atoms with E-state index in [1.54, 1.807) is 0 Å². The summed E-state index contributed by atoms with van der Waals surface area (Å²) in [6.45, 7) is 30.5. The summed E-state index contributed by atoms with van der Waals surface area (Å²) in [5.41, 5.74) is 24.8. The molecule has 11 aromatic rings. The van der Waals surface area contributed by atoms with Crippen molar-refractivity contribution in [3.05, 3.63) is 167 Å². The van der Waals surface area contributed by atoms with Gasteiger partial charge in [-0.15, -0.1) is 0 Å². The lowest BCUT2D eigenvalue weighted by atomic mass is 9.44. The summed E-state index contributed by atoms with van der Waals surface area (Å²) in [6, 6.07) is 54.9. The predicted octanol–water partition coefficient (Wildman–Crippen LogP) is 16.5. The number of rotatable bonds is 2. The maximum absolute atomic E-state index is 2.75. The van der Waals surface area contributed by atoms with Crippen LogP contribution in [0.4, 0.5) is 17.1 Å². The van der Waals surface area contributed by atoms with E-state index < -0.39 is 0 Å². The van der Waals surface area contributed by atoms with E-state index in [1.165, 1.54) is 138 Å². The average Bonchev–Trinajstić information content (AvgIpc) is 3.94. The highest BCUT2D eigenvalue weighted by Gasteiger charge is 2.45. The first-order valence-corrected chi connectivity index (χ1v) is 25.2. The van der Waals surface area contributed by atoms with Crippen LogP contribution in [0.15, 0.2) is 140 Å². The summed E-state index contributed by atoms with van der Waals surface area (Å²) < 4.78 is 5.25. The monoisotopic (exact) mass is 896 g/mol. The predicted molar refractivity (Wildman–Crippen MR) is 300 cm³/mol. The second kappa shape index (κ2) is 13.7. The van der Waals surface area contributed by atoms with Crippen LogP contribution in [0.5, 0.6) is 0 Å². The summed E-state index contributed by atoms with van der Waals surface area (Å²) in [5.74, 6) is 0. The Morgan fingerprint density at radius 1 is 0.406 bits per heavy atom. The molecule has 4 heteroatoms. The van der Waals surface area contributed by atoms with Crippen LogP contribution in [0.1, 0.15) is 111 Å². The van der Waals surface area contributed by atoms with Gasteiger partial charge in [0.25, 0.3) is 0 Å². The molecule has 0 aliphatic carbocycles. The van der Waals surface area contributed by atoms with Gasteiger partial charge < -0.3 is 13.8 Å². The maximum Gasteiger partial charge on any atom is 0.333 e. The van der Waals surface area contributed by atoms with Crippen LogP contribution in [0.2, 0.25) is 0 Å². The zero-order valence-corrected chi connectivity index (χ0v) is 42.7. The van der Waals surface area contributed by atoms with Gasteiger partial charge in [0.2, 0.25) is 0 Å². The Bertz CT molecular complexity index is 4000. The Labute approximate surface area is 407 Å². The topological polar surface area (TPSA) is 12.6 Å². The molecule has 3 nitrogen and oxygen atoms in total. The number of anilines is 3. The molecule has 0 atom stereocenters. The van der Waals surface area contributed by atoms with Gasteiger partial charge in [-0.1, -0.05) is 156 Å². The Morgan fingerprint density at radius 2 is 0.986 bits per heavy atom. The SMILES string of the molecule is Cc1c(-c2ccc3c(c2)c2cccc4c5ccccc5n3c42)cc2c3c1-c1cc(C(C)(C)C)cc4c5cc(C(C)(C)C)ccc5n(c14)B3c1cc(C(C)(C)C)ccc1N2c1ccc(C(C)(C)C)cc1. The minimum absolute atomic E-state index is 0.00788. The van der Waals surface area contributed by atoms with Gasteiger partial charge in [0.15, 0.2) is 0 Å². The molecule has 2 aliphatic rings. The fourth-order valence-corrected chi connectivity index (χ4v) is 12.4. The smallest absolute Gasteiger partial charge is 0.333 e. The number of fused-ring (bicyclic) bond motifs is 13. The minimum atomic E-state index is -0.0695. The molecule has 0 saturated carbocycles. The molecule has 0 unspecified atom stereocenters. The standard InChI is InChI=1S/C65H62BN3/c1-37-47(38-21-28-54-48(31-38)46-19-16-18-45-44-17-14-15-20-53(44)68(54)60(45)46)36-57-59-58(37)51-34-42(65(11,12)13)33-50-49-32-40(63(5,6)7)24-29-55(49)69(61(50)51)66(59)52-35-41(64(8,9)10)25-30-56(52)67(57)43-26-22-39(23-27-43)62(2,3)4/h14-36H,1-13H3. The van der Waals surface area contributed by atoms with Crippen molar-refractivity contribution in [3.8, 4) is 22.3 Å². The molecule has 8 aromatic carbocycles. The molecule has 0 N–H and O–H groups in total. The van der Waals surface area contributed by atoms with Crippen molar-refractivity contribution in [1.82, 2.24) is 8.88 Å². The second-order valence-corrected chi connectivity index (χ2v) is 24.7. The number of hydrogen-bond donors (Lipinski definition) is 0. The molecule has 0 bridgehead atoms. The van der Waals surface area contributed by atoms with Crippen LogP contribution in [0, 0.1) is 6.92 Å². The molecule has 2 aliphatic heterocycles. The van der Waals surface area contributed by atoms with Gasteiger partial charge in [-0.25, -0.2) is 0 Å². The van der Waals surface area contributed by atoms with Gasteiger partial charge in [0.05, 0.1) is 16.6 Å². The van der Waals surface area contributed by atoms with E-state index in [9.17, 15) is 0 Å². The summed E-state index contributed by atoms with van der Waals surface area (Å²) in [4.78, 5) is 2.61. The third-order valence-corrected chi connectivity index (χ3v) is 16.2. The molecule has 0 saturated heterocycles. The molecule has 0 spiro atoms. The lowest BCUT2D eigenvalue weighted by Gasteiger charge is -2.42. The third kappa shape index (κ3) is 5.87. The first-order chi connectivity index (χ1) is 32.7. The van der Waals surface area contributed by atoms with E-state index in [2.05, 4.69) is 243 Å². The van der Waals surface area contributed by atoms with Crippen molar-refractivity contribution in [3.63, 3.8) is 0 Å². The molecule has 0 amide bonds. The average molecular weight is 896 g/mol. The van der Waals surface area contributed by atoms with Crippen molar-refractivity contribution in [1.29, 1.82) is 0 Å².